The van der Waals surface area contributed by atoms with Gasteiger partial charge in [0.1, 0.15) is 17.2 Å². The van der Waals surface area contributed by atoms with Crippen molar-refractivity contribution in [2.24, 2.45) is 0 Å². The van der Waals surface area contributed by atoms with Gasteiger partial charge in [0.2, 0.25) is 0 Å². The van der Waals surface area contributed by atoms with E-state index in [2.05, 4.69) is 5.16 Å². The number of aromatic nitrogens is 1. The van der Waals surface area contributed by atoms with E-state index in [9.17, 15) is 5.11 Å². The first kappa shape index (κ1) is 18.6. The smallest absolute Gasteiger partial charge is 0.174 e. The average molecular weight is 412 g/mol. The van der Waals surface area contributed by atoms with Crippen molar-refractivity contribution < 1.29 is 14.4 Å². The van der Waals surface area contributed by atoms with Crippen LogP contribution in [0.25, 0.3) is 22.6 Å². The van der Waals surface area contributed by atoms with Crippen LogP contribution in [0.5, 0.6) is 11.5 Å². The summed E-state index contributed by atoms with van der Waals surface area (Å²) in [6.45, 7) is -0.253. The number of aliphatic hydroxyl groups excluding tert-OH is 1. The zero-order valence-electron chi connectivity index (χ0n) is 14.6. The van der Waals surface area contributed by atoms with Crippen molar-refractivity contribution in [2.45, 2.75) is 6.61 Å². The number of aliphatic hydroxyl groups is 1. The van der Waals surface area contributed by atoms with Gasteiger partial charge in [0.15, 0.2) is 5.76 Å². The van der Waals surface area contributed by atoms with Crippen molar-refractivity contribution in [2.75, 3.05) is 0 Å². The molecule has 0 atom stereocenters. The van der Waals surface area contributed by atoms with E-state index in [4.69, 9.17) is 32.5 Å². The SMILES string of the molecule is OCc1c(-c2cccc(Oc3ccccc3)c2)noc1-c1ccc(Cl)cc1Cl. The minimum atomic E-state index is -0.253. The lowest BCUT2D eigenvalue weighted by Gasteiger charge is -2.07. The topological polar surface area (TPSA) is 55.5 Å². The summed E-state index contributed by atoms with van der Waals surface area (Å²) >= 11 is 12.3. The fraction of sp³-hybridized carbons (Fsp3) is 0.0455. The molecule has 0 radical (unpaired) electrons. The molecule has 0 amide bonds. The largest absolute Gasteiger partial charge is 0.457 e. The Kier molecular flexibility index (Phi) is 5.35. The fourth-order valence-electron chi connectivity index (χ4n) is 2.90. The number of para-hydroxylation sites is 1. The van der Waals surface area contributed by atoms with Crippen LogP contribution in [0.4, 0.5) is 0 Å². The van der Waals surface area contributed by atoms with E-state index < -0.39 is 0 Å². The van der Waals surface area contributed by atoms with E-state index in [1.54, 1.807) is 18.2 Å². The molecule has 0 unspecified atom stereocenters. The quantitative estimate of drug-likeness (QED) is 0.401. The van der Waals surface area contributed by atoms with Crippen molar-refractivity contribution in [3.05, 3.63) is 88.4 Å². The van der Waals surface area contributed by atoms with Crippen LogP contribution in [-0.2, 0) is 6.61 Å². The molecule has 4 aromatic rings. The molecule has 0 aliphatic rings. The predicted octanol–water partition coefficient (Wildman–Crippen LogP) is 6.60. The first-order valence-corrected chi connectivity index (χ1v) is 9.29. The third-order valence-electron chi connectivity index (χ3n) is 4.21. The lowest BCUT2D eigenvalue weighted by molar-refractivity contribution is 0.281. The summed E-state index contributed by atoms with van der Waals surface area (Å²) in [5, 5.41) is 15.1. The Morgan fingerprint density at radius 3 is 2.43 bits per heavy atom. The summed E-state index contributed by atoms with van der Waals surface area (Å²) in [7, 11) is 0. The summed E-state index contributed by atoms with van der Waals surface area (Å²) < 4.78 is 11.4. The van der Waals surface area contributed by atoms with Gasteiger partial charge in [-0.2, -0.15) is 0 Å². The Morgan fingerprint density at radius 1 is 0.893 bits per heavy atom. The number of hydrogen-bond donors (Lipinski definition) is 1. The number of halogens is 2. The highest BCUT2D eigenvalue weighted by atomic mass is 35.5. The molecule has 6 heteroatoms. The summed E-state index contributed by atoms with van der Waals surface area (Å²) in [4.78, 5) is 0. The highest BCUT2D eigenvalue weighted by Gasteiger charge is 2.20. The molecule has 0 aliphatic carbocycles. The Morgan fingerprint density at radius 2 is 1.68 bits per heavy atom. The van der Waals surface area contributed by atoms with Crippen LogP contribution in [0.15, 0.2) is 77.3 Å². The maximum atomic E-state index is 9.96. The van der Waals surface area contributed by atoms with Crippen LogP contribution >= 0.6 is 23.2 Å². The summed E-state index contributed by atoms with van der Waals surface area (Å²) in [5.74, 6) is 1.80. The van der Waals surface area contributed by atoms with Gasteiger partial charge in [-0.15, -0.1) is 0 Å². The van der Waals surface area contributed by atoms with E-state index in [1.807, 2.05) is 54.6 Å². The van der Waals surface area contributed by atoms with Crippen LogP contribution < -0.4 is 4.74 Å². The van der Waals surface area contributed by atoms with Crippen molar-refractivity contribution >= 4 is 23.2 Å². The second kappa shape index (κ2) is 8.07. The molecule has 28 heavy (non-hydrogen) atoms. The van der Waals surface area contributed by atoms with Gasteiger partial charge in [-0.25, -0.2) is 0 Å². The molecule has 1 N–H and O–H groups in total. The standard InChI is InChI=1S/C22H15Cl2NO3/c23-15-9-10-18(20(24)12-15)22-19(13-26)21(25-28-22)14-5-4-8-17(11-14)27-16-6-2-1-3-7-16/h1-12,26H,13H2. The van der Waals surface area contributed by atoms with Gasteiger partial charge in [0.25, 0.3) is 0 Å². The molecule has 4 rings (SSSR count). The minimum absolute atomic E-state index is 0.253. The number of benzene rings is 3. The summed E-state index contributed by atoms with van der Waals surface area (Å²) in [6, 6.07) is 22.0. The normalized spacial score (nSPS) is 10.8. The Balaban J connectivity index is 1.72. The van der Waals surface area contributed by atoms with Crippen molar-refractivity contribution in [3.8, 4) is 34.1 Å². The van der Waals surface area contributed by atoms with Crippen LogP contribution in [0.3, 0.4) is 0 Å². The van der Waals surface area contributed by atoms with Gasteiger partial charge in [-0.1, -0.05) is 58.7 Å². The van der Waals surface area contributed by atoms with E-state index in [0.29, 0.717) is 38.4 Å². The molecule has 140 valence electrons. The molecule has 0 bridgehead atoms. The van der Waals surface area contributed by atoms with Gasteiger partial charge >= 0.3 is 0 Å². The molecule has 0 saturated carbocycles. The first-order valence-electron chi connectivity index (χ1n) is 8.54. The zero-order valence-corrected chi connectivity index (χ0v) is 16.1. The third kappa shape index (κ3) is 3.76. The number of hydrogen-bond acceptors (Lipinski definition) is 4. The predicted molar refractivity (Wildman–Crippen MR) is 110 cm³/mol. The molecule has 0 saturated heterocycles. The van der Waals surface area contributed by atoms with Crippen molar-refractivity contribution in [3.63, 3.8) is 0 Å². The maximum Gasteiger partial charge on any atom is 0.174 e. The van der Waals surface area contributed by atoms with Crippen LogP contribution in [0.2, 0.25) is 10.0 Å². The maximum absolute atomic E-state index is 9.96. The van der Waals surface area contributed by atoms with Crippen LogP contribution in [0, 0.1) is 0 Å². The van der Waals surface area contributed by atoms with Gasteiger partial charge in [-0.3, -0.25) is 0 Å². The van der Waals surface area contributed by atoms with Crippen LogP contribution in [-0.4, -0.2) is 10.3 Å². The van der Waals surface area contributed by atoms with Crippen LogP contribution in [0.1, 0.15) is 5.56 Å². The van der Waals surface area contributed by atoms with E-state index in [-0.39, 0.29) is 6.61 Å². The Labute approximate surface area is 171 Å². The molecule has 0 fully saturated rings. The van der Waals surface area contributed by atoms with Crippen molar-refractivity contribution in [1.29, 1.82) is 0 Å². The number of nitrogens with zero attached hydrogens (tertiary/aromatic N) is 1. The van der Waals surface area contributed by atoms with Crippen molar-refractivity contribution in [1.82, 2.24) is 5.16 Å². The fourth-order valence-corrected chi connectivity index (χ4v) is 3.39. The van der Waals surface area contributed by atoms with E-state index in [1.165, 1.54) is 0 Å². The molecule has 1 aromatic heterocycles. The van der Waals surface area contributed by atoms with Gasteiger partial charge in [0, 0.05) is 16.1 Å². The molecule has 4 nitrogen and oxygen atoms in total. The minimum Gasteiger partial charge on any atom is -0.457 e. The average Bonchev–Trinajstić information content (AvgIpc) is 3.13. The number of ether oxygens (including phenoxy) is 1. The highest BCUT2D eigenvalue weighted by Crippen LogP contribution is 2.37. The van der Waals surface area contributed by atoms with Gasteiger partial charge in [0.05, 0.1) is 17.2 Å². The second-order valence-electron chi connectivity index (χ2n) is 6.06. The first-order chi connectivity index (χ1) is 13.7. The molecular formula is C22H15Cl2NO3. The Bertz CT molecular complexity index is 1110. The Hall–Kier alpha value is -2.79. The summed E-state index contributed by atoms with van der Waals surface area (Å²) in [5.41, 5.74) is 2.45. The second-order valence-corrected chi connectivity index (χ2v) is 6.91. The molecule has 0 aliphatic heterocycles. The van der Waals surface area contributed by atoms with E-state index >= 15 is 0 Å². The van der Waals surface area contributed by atoms with Gasteiger partial charge < -0.3 is 14.4 Å². The molecule has 3 aromatic carbocycles. The number of rotatable bonds is 5. The molecular weight excluding hydrogens is 397 g/mol. The lowest BCUT2D eigenvalue weighted by Crippen LogP contribution is -1.91. The van der Waals surface area contributed by atoms with E-state index in [0.717, 1.165) is 11.3 Å². The molecule has 0 spiro atoms. The highest BCUT2D eigenvalue weighted by molar-refractivity contribution is 6.36. The lowest BCUT2D eigenvalue weighted by atomic mass is 10.0. The monoisotopic (exact) mass is 411 g/mol. The summed E-state index contributed by atoms with van der Waals surface area (Å²) in [6.07, 6.45) is 0. The third-order valence-corrected chi connectivity index (χ3v) is 4.76. The molecule has 1 heterocycles. The van der Waals surface area contributed by atoms with Gasteiger partial charge in [-0.05, 0) is 42.5 Å². The zero-order chi connectivity index (χ0) is 19.5.